The van der Waals surface area contributed by atoms with Crippen molar-refractivity contribution in [2.75, 3.05) is 49.1 Å². The van der Waals surface area contributed by atoms with E-state index in [1.807, 2.05) is 59.5 Å². The number of nitrogens with zero attached hydrogens (tertiary/aromatic N) is 5. The second-order valence-corrected chi connectivity index (χ2v) is 11.4. The van der Waals surface area contributed by atoms with Crippen LogP contribution in [0.5, 0.6) is 0 Å². The molecule has 8 nitrogen and oxygen atoms in total. The molecule has 0 atom stereocenters. The summed E-state index contributed by atoms with van der Waals surface area (Å²) in [6.45, 7) is 3.34. The molecule has 2 aromatic carbocycles. The van der Waals surface area contributed by atoms with Crippen LogP contribution in [0.15, 0.2) is 77.3 Å². The largest absolute Gasteiger partial charge is 0.437 e. The standard InChI is InChI=1S/C34H34F3N5O3/c35-34(36,37)32-31(45-33(39-32)42-15-7-2-8-16-42)28(43)21-24-13-14-29(38-23-24)40-17-19-41(20-18-40)30(44)22-26-11-5-6-12-27(26)25-9-3-1-4-10-25/h1,3-6,9-14,23H,2,7-8,15-22H2. The van der Waals surface area contributed by atoms with Crippen molar-refractivity contribution in [2.24, 2.45) is 0 Å². The van der Waals surface area contributed by atoms with Gasteiger partial charge in [-0.05, 0) is 47.6 Å². The van der Waals surface area contributed by atoms with Gasteiger partial charge in [0.1, 0.15) is 5.82 Å². The number of Topliss-reactive ketones (excluding diaryl/α,β-unsaturated/α-hetero) is 1. The molecule has 2 aliphatic rings. The lowest BCUT2D eigenvalue weighted by Crippen LogP contribution is -2.49. The molecule has 6 rings (SSSR count). The third-order valence-corrected chi connectivity index (χ3v) is 8.34. The van der Waals surface area contributed by atoms with Crippen LogP contribution in [0.3, 0.4) is 0 Å². The number of pyridine rings is 1. The summed E-state index contributed by atoms with van der Waals surface area (Å²) >= 11 is 0. The molecule has 0 saturated carbocycles. The monoisotopic (exact) mass is 617 g/mol. The van der Waals surface area contributed by atoms with Crippen molar-refractivity contribution in [2.45, 2.75) is 38.3 Å². The number of amides is 1. The summed E-state index contributed by atoms with van der Waals surface area (Å²) in [6.07, 6.45) is -0.625. The van der Waals surface area contributed by atoms with Crippen LogP contribution in [-0.4, -0.2) is 65.8 Å². The Labute approximate surface area is 259 Å². The molecule has 0 aliphatic carbocycles. The molecule has 2 saturated heterocycles. The Kier molecular flexibility index (Phi) is 8.86. The maximum absolute atomic E-state index is 13.7. The second-order valence-electron chi connectivity index (χ2n) is 11.4. The molecule has 2 aromatic heterocycles. The van der Waals surface area contributed by atoms with Gasteiger partial charge in [-0.15, -0.1) is 0 Å². The lowest BCUT2D eigenvalue weighted by molar-refractivity contribution is -0.141. The third-order valence-electron chi connectivity index (χ3n) is 8.34. The fourth-order valence-electron chi connectivity index (χ4n) is 5.92. The van der Waals surface area contributed by atoms with E-state index in [1.165, 1.54) is 6.20 Å². The highest BCUT2D eigenvalue weighted by atomic mass is 19.4. The number of carbonyl (C=O) groups excluding carboxylic acids is 2. The number of halogens is 3. The van der Waals surface area contributed by atoms with Crippen LogP contribution < -0.4 is 9.80 Å². The number of oxazole rings is 1. The van der Waals surface area contributed by atoms with Crippen molar-refractivity contribution in [3.63, 3.8) is 0 Å². The highest BCUT2D eigenvalue weighted by molar-refractivity contribution is 5.96. The van der Waals surface area contributed by atoms with Gasteiger partial charge in [-0.25, -0.2) is 4.98 Å². The molecule has 0 spiro atoms. The van der Waals surface area contributed by atoms with Crippen LogP contribution in [0.2, 0.25) is 0 Å². The van der Waals surface area contributed by atoms with Gasteiger partial charge in [0.2, 0.25) is 17.5 Å². The zero-order chi connectivity index (χ0) is 31.4. The summed E-state index contributed by atoms with van der Waals surface area (Å²) in [5, 5.41) is 0. The molecule has 45 heavy (non-hydrogen) atoms. The molecule has 2 fully saturated rings. The van der Waals surface area contributed by atoms with Crippen LogP contribution in [0.1, 0.15) is 46.6 Å². The van der Waals surface area contributed by atoms with E-state index in [-0.39, 0.29) is 18.3 Å². The van der Waals surface area contributed by atoms with Gasteiger partial charge in [-0.3, -0.25) is 9.59 Å². The number of alkyl halides is 3. The van der Waals surface area contributed by atoms with Gasteiger partial charge < -0.3 is 19.1 Å². The van der Waals surface area contributed by atoms with Gasteiger partial charge in [0.25, 0.3) is 6.01 Å². The van der Waals surface area contributed by atoms with E-state index < -0.39 is 23.4 Å². The highest BCUT2D eigenvalue weighted by Crippen LogP contribution is 2.35. The maximum Gasteiger partial charge on any atom is 0.437 e. The number of hydrogen-bond acceptors (Lipinski definition) is 7. The van der Waals surface area contributed by atoms with E-state index in [2.05, 4.69) is 14.9 Å². The minimum absolute atomic E-state index is 0.0638. The summed E-state index contributed by atoms with van der Waals surface area (Å²) < 4.78 is 46.6. The SMILES string of the molecule is O=C(Cc1ccc(N2CCN(C(=O)Cc3ccccc3-c3ccccc3)CC2)nc1)c1oc(N2CCCCC2)nc1C(F)(F)F. The zero-order valence-corrected chi connectivity index (χ0v) is 24.8. The minimum atomic E-state index is -4.81. The van der Waals surface area contributed by atoms with Crippen LogP contribution in [0.4, 0.5) is 25.0 Å². The molecular formula is C34H34F3N5O3. The number of hydrogen-bond donors (Lipinski definition) is 0. The Morgan fingerprint density at radius 1 is 0.778 bits per heavy atom. The van der Waals surface area contributed by atoms with Crippen LogP contribution >= 0.6 is 0 Å². The van der Waals surface area contributed by atoms with Gasteiger partial charge in [-0.1, -0.05) is 60.7 Å². The predicted molar refractivity (Wildman–Crippen MR) is 164 cm³/mol. The third kappa shape index (κ3) is 7.02. The van der Waals surface area contributed by atoms with Gasteiger partial charge in [0.15, 0.2) is 5.69 Å². The summed E-state index contributed by atoms with van der Waals surface area (Å²) in [6, 6.07) is 21.2. The van der Waals surface area contributed by atoms with E-state index in [9.17, 15) is 22.8 Å². The summed E-state index contributed by atoms with van der Waals surface area (Å²) in [7, 11) is 0. The minimum Gasteiger partial charge on any atom is -0.420 e. The second kappa shape index (κ2) is 13.1. The Morgan fingerprint density at radius 3 is 2.18 bits per heavy atom. The molecule has 0 radical (unpaired) electrons. The first-order valence-electron chi connectivity index (χ1n) is 15.2. The molecule has 4 aromatic rings. The predicted octanol–water partition coefficient (Wildman–Crippen LogP) is 6.06. The maximum atomic E-state index is 13.7. The Balaban J connectivity index is 1.06. The van der Waals surface area contributed by atoms with Gasteiger partial charge in [-0.2, -0.15) is 18.2 Å². The average Bonchev–Trinajstić information content (AvgIpc) is 3.53. The van der Waals surface area contributed by atoms with E-state index in [0.717, 1.165) is 36.0 Å². The lowest BCUT2D eigenvalue weighted by atomic mass is 9.97. The molecule has 1 amide bonds. The smallest absolute Gasteiger partial charge is 0.420 e. The number of piperidine rings is 1. The van der Waals surface area contributed by atoms with Crippen molar-refractivity contribution in [1.82, 2.24) is 14.9 Å². The lowest BCUT2D eigenvalue weighted by Gasteiger charge is -2.35. The van der Waals surface area contributed by atoms with Crippen molar-refractivity contribution in [1.29, 1.82) is 0 Å². The Hall–Kier alpha value is -4.67. The average molecular weight is 618 g/mol. The van der Waals surface area contributed by atoms with Gasteiger partial charge in [0.05, 0.1) is 6.42 Å². The zero-order valence-electron chi connectivity index (χ0n) is 24.8. The van der Waals surface area contributed by atoms with Gasteiger partial charge >= 0.3 is 6.18 Å². The first-order valence-corrected chi connectivity index (χ1v) is 15.2. The molecule has 0 unspecified atom stereocenters. The Bertz CT molecular complexity index is 1630. The van der Waals surface area contributed by atoms with Crippen molar-refractivity contribution < 1.29 is 27.2 Å². The molecular weight excluding hydrogens is 583 g/mol. The number of benzene rings is 2. The number of piperazine rings is 1. The molecule has 234 valence electrons. The first-order chi connectivity index (χ1) is 21.8. The molecule has 0 N–H and O–H groups in total. The van der Waals surface area contributed by atoms with Crippen molar-refractivity contribution in [3.8, 4) is 11.1 Å². The number of aromatic nitrogens is 2. The van der Waals surface area contributed by atoms with Crippen molar-refractivity contribution >= 4 is 23.5 Å². The van der Waals surface area contributed by atoms with E-state index in [1.54, 1.807) is 17.0 Å². The normalized spacial score (nSPS) is 15.8. The number of anilines is 2. The van der Waals surface area contributed by atoms with Crippen molar-refractivity contribution in [3.05, 3.63) is 95.5 Å². The quantitative estimate of drug-likeness (QED) is 0.222. The molecule has 0 bridgehead atoms. The summed E-state index contributed by atoms with van der Waals surface area (Å²) in [5.74, 6) is -0.822. The van der Waals surface area contributed by atoms with Crippen LogP contribution in [0.25, 0.3) is 11.1 Å². The van der Waals surface area contributed by atoms with E-state index >= 15 is 0 Å². The summed E-state index contributed by atoms with van der Waals surface area (Å²) in [4.78, 5) is 39.9. The van der Waals surface area contributed by atoms with Gasteiger partial charge in [0, 0.05) is 51.9 Å². The molecule has 2 aliphatic heterocycles. The van der Waals surface area contributed by atoms with Crippen LogP contribution in [-0.2, 0) is 23.8 Å². The topological polar surface area (TPSA) is 82.8 Å². The van der Waals surface area contributed by atoms with E-state index in [0.29, 0.717) is 57.1 Å². The Morgan fingerprint density at radius 2 is 1.49 bits per heavy atom. The summed E-state index contributed by atoms with van der Waals surface area (Å²) in [5.41, 5.74) is 2.30. The fourth-order valence-corrected chi connectivity index (χ4v) is 5.92. The van der Waals surface area contributed by atoms with E-state index in [4.69, 9.17) is 4.42 Å². The highest BCUT2D eigenvalue weighted by Gasteiger charge is 2.41. The number of ketones is 1. The molecule has 11 heteroatoms. The number of carbonyl (C=O) groups is 2. The number of rotatable bonds is 8. The molecule has 4 heterocycles. The first kappa shape index (κ1) is 30.4. The van der Waals surface area contributed by atoms with Crippen LogP contribution in [0, 0.1) is 0 Å². The fraction of sp³-hybridized carbons (Fsp3) is 0.353.